The van der Waals surface area contributed by atoms with Gasteiger partial charge in [0.25, 0.3) is 0 Å². The number of nitrogens with zero attached hydrogens (tertiary/aromatic N) is 4. The van der Waals surface area contributed by atoms with Crippen molar-refractivity contribution in [3.8, 4) is 10.6 Å². The van der Waals surface area contributed by atoms with Crippen LogP contribution in [-0.4, -0.2) is 67.8 Å². The largest absolute Gasteiger partial charge is 0.390 e. The number of hydrogen-bond donors (Lipinski definition) is 4. The lowest BCUT2D eigenvalue weighted by Gasteiger charge is -2.21. The van der Waals surface area contributed by atoms with Gasteiger partial charge in [-0.3, -0.25) is 4.98 Å². The van der Waals surface area contributed by atoms with E-state index in [0.29, 0.717) is 22.2 Å². The monoisotopic (exact) mass is 644 g/mol. The predicted octanol–water partition coefficient (Wildman–Crippen LogP) is 4.57. The van der Waals surface area contributed by atoms with Gasteiger partial charge in [0.15, 0.2) is 9.84 Å². The van der Waals surface area contributed by atoms with E-state index in [4.69, 9.17) is 4.98 Å². The minimum atomic E-state index is -3.47. The Morgan fingerprint density at radius 1 is 1.07 bits per heavy atom. The number of anilines is 2. The topological polar surface area (TPSA) is 150 Å². The Morgan fingerprint density at radius 3 is 2.48 bits per heavy atom. The molecule has 2 saturated carbocycles. The molecule has 3 heterocycles. The highest BCUT2D eigenvalue weighted by atomic mass is 32.2. The number of aliphatic hydroxyl groups is 2. The maximum atomic E-state index is 14.3. The Morgan fingerprint density at radius 2 is 1.80 bits per heavy atom. The molecule has 0 spiro atoms. The highest BCUT2D eigenvalue weighted by molar-refractivity contribution is 7.91. The van der Waals surface area contributed by atoms with Crippen LogP contribution in [0.15, 0.2) is 30.5 Å². The van der Waals surface area contributed by atoms with Gasteiger partial charge in [0.2, 0.25) is 5.95 Å². The van der Waals surface area contributed by atoms with Crippen LogP contribution in [-0.2, 0) is 16.4 Å². The first-order valence-electron chi connectivity index (χ1n) is 14.6. The molecule has 0 aliphatic heterocycles. The number of aliphatic hydroxyl groups excluding tert-OH is 2. The van der Waals surface area contributed by atoms with Crippen LogP contribution in [0.3, 0.4) is 0 Å². The number of rotatable bonds is 10. The second-order valence-electron chi connectivity index (χ2n) is 11.9. The number of nitrogens with one attached hydrogen (secondary N) is 2. The number of benzene rings is 1. The van der Waals surface area contributed by atoms with E-state index in [2.05, 4.69) is 25.6 Å². The lowest BCUT2D eigenvalue weighted by atomic mass is 10.1. The van der Waals surface area contributed by atoms with E-state index in [1.165, 1.54) is 29.5 Å². The van der Waals surface area contributed by atoms with Crippen LogP contribution in [0.4, 0.5) is 20.5 Å². The van der Waals surface area contributed by atoms with Gasteiger partial charge in [-0.1, -0.05) is 6.07 Å². The van der Waals surface area contributed by atoms with Crippen LogP contribution in [0.5, 0.6) is 0 Å². The molecule has 234 valence electrons. The summed E-state index contributed by atoms with van der Waals surface area (Å²) in [5.74, 6) is -1.59. The van der Waals surface area contributed by atoms with Crippen molar-refractivity contribution in [2.75, 3.05) is 16.4 Å². The van der Waals surface area contributed by atoms with E-state index in [9.17, 15) is 27.4 Å². The van der Waals surface area contributed by atoms with Crippen LogP contribution in [0.1, 0.15) is 56.0 Å². The number of halogens is 2. The summed E-state index contributed by atoms with van der Waals surface area (Å²) in [4.78, 5) is 18.7. The maximum Gasteiger partial charge on any atom is 0.225 e. The fourth-order valence-electron chi connectivity index (χ4n) is 5.62. The highest BCUT2D eigenvalue weighted by Crippen LogP contribution is 2.44. The molecule has 3 aromatic heterocycles. The molecule has 2 fully saturated rings. The van der Waals surface area contributed by atoms with Crippen molar-refractivity contribution in [1.29, 1.82) is 0 Å². The van der Waals surface area contributed by atoms with E-state index >= 15 is 0 Å². The second kappa shape index (κ2) is 11.9. The third-order valence-corrected chi connectivity index (χ3v) is 11.7. The van der Waals surface area contributed by atoms with Crippen molar-refractivity contribution < 1.29 is 27.4 Å². The smallest absolute Gasteiger partial charge is 0.225 e. The molecule has 14 heteroatoms. The number of sulfone groups is 1. The first-order chi connectivity index (χ1) is 20.9. The predicted molar refractivity (Wildman–Crippen MR) is 165 cm³/mol. The SMILES string of the molecule is Cc1nc(NCc2c(F)cccc2F)nc(N[C@@H]2C[C@H](CS(=O)(=O)C(C)C)[C@@H](O)[C@H]2O)c1-c1nc2c(C3CC3)nccc2s1. The average Bonchev–Trinajstić information content (AvgIpc) is 3.67. The molecular weight excluding hydrogens is 610 g/mol. The Labute approximate surface area is 257 Å². The zero-order chi connectivity index (χ0) is 31.3. The summed E-state index contributed by atoms with van der Waals surface area (Å²) in [6.45, 7) is 4.72. The summed E-state index contributed by atoms with van der Waals surface area (Å²) in [5.41, 5.74) is 2.68. The molecule has 4 aromatic rings. The maximum absolute atomic E-state index is 14.3. The van der Waals surface area contributed by atoms with Crippen molar-refractivity contribution in [2.45, 2.75) is 76.0 Å². The van der Waals surface area contributed by atoms with Gasteiger partial charge in [0.05, 0.1) is 44.8 Å². The number of thiazole rings is 1. The van der Waals surface area contributed by atoms with Gasteiger partial charge in [-0.2, -0.15) is 4.98 Å². The molecule has 4 N–H and O–H groups in total. The Hall–Kier alpha value is -3.33. The molecule has 10 nitrogen and oxygen atoms in total. The third kappa shape index (κ3) is 6.00. The molecule has 4 atom stereocenters. The van der Waals surface area contributed by atoms with Crippen LogP contribution in [0, 0.1) is 24.5 Å². The van der Waals surface area contributed by atoms with Gasteiger partial charge in [-0.15, -0.1) is 11.3 Å². The van der Waals surface area contributed by atoms with E-state index in [1.54, 1.807) is 27.0 Å². The van der Waals surface area contributed by atoms with Crippen molar-refractivity contribution in [1.82, 2.24) is 19.9 Å². The molecular formula is C30H34F2N6O4S2. The minimum absolute atomic E-state index is 0.0878. The quantitative estimate of drug-likeness (QED) is 0.193. The molecule has 0 radical (unpaired) electrons. The summed E-state index contributed by atoms with van der Waals surface area (Å²) in [6, 6.07) is 4.79. The summed E-state index contributed by atoms with van der Waals surface area (Å²) >= 11 is 1.45. The van der Waals surface area contributed by atoms with Gasteiger partial charge in [-0.05, 0) is 58.2 Å². The summed E-state index contributed by atoms with van der Waals surface area (Å²) in [7, 11) is -3.47. The van der Waals surface area contributed by atoms with Gasteiger partial charge in [-0.25, -0.2) is 27.2 Å². The number of fused-ring (bicyclic) bond motifs is 1. The number of pyridine rings is 1. The zero-order valence-electron chi connectivity index (χ0n) is 24.5. The van der Waals surface area contributed by atoms with Crippen molar-refractivity contribution in [3.63, 3.8) is 0 Å². The Balaban J connectivity index is 1.36. The third-order valence-electron chi connectivity index (χ3n) is 8.38. The molecule has 0 unspecified atom stereocenters. The molecule has 6 rings (SSSR count). The standard InChI is InChI=1S/C30H34F2N6O4S2/c1-14(2)44(41,42)13-17-11-21(27(40)26(17)39)36-28-23(29-37-25-22(43-29)9-10-33-24(25)16-7-8-16)15(3)35-30(38-28)34-12-18-19(31)5-4-6-20(18)32/h4-6,9-10,14,16-17,21,26-27,39-40H,7-8,11-13H2,1-3H3,(H2,34,35,36,38)/t17-,21-,26-,27+/m1/s1. The Kier molecular flexibility index (Phi) is 8.28. The summed E-state index contributed by atoms with van der Waals surface area (Å²) in [5, 5.41) is 27.9. The van der Waals surface area contributed by atoms with Gasteiger partial charge in [0, 0.05) is 30.1 Å². The van der Waals surface area contributed by atoms with Crippen molar-refractivity contribution in [2.24, 2.45) is 5.92 Å². The molecule has 0 bridgehead atoms. The first kappa shape index (κ1) is 30.7. The fraction of sp³-hybridized carbons (Fsp3) is 0.467. The molecule has 44 heavy (non-hydrogen) atoms. The second-order valence-corrected chi connectivity index (χ2v) is 15.5. The van der Waals surface area contributed by atoms with Crippen LogP contribution < -0.4 is 10.6 Å². The van der Waals surface area contributed by atoms with Gasteiger partial charge >= 0.3 is 0 Å². The molecule has 0 saturated heterocycles. The molecule has 2 aliphatic carbocycles. The molecule has 0 amide bonds. The lowest BCUT2D eigenvalue weighted by Crippen LogP contribution is -2.36. The lowest BCUT2D eigenvalue weighted by molar-refractivity contribution is 0.0216. The van der Waals surface area contributed by atoms with Crippen LogP contribution in [0.25, 0.3) is 20.8 Å². The normalized spacial score (nSPS) is 22.2. The first-order valence-corrected chi connectivity index (χ1v) is 17.1. The molecule has 2 aliphatic rings. The van der Waals surface area contributed by atoms with E-state index < -0.39 is 50.9 Å². The van der Waals surface area contributed by atoms with E-state index in [0.717, 1.165) is 28.8 Å². The van der Waals surface area contributed by atoms with Crippen molar-refractivity contribution in [3.05, 3.63) is 59.0 Å². The van der Waals surface area contributed by atoms with Gasteiger partial charge in [0.1, 0.15) is 34.1 Å². The zero-order valence-corrected chi connectivity index (χ0v) is 26.1. The average molecular weight is 645 g/mol. The van der Waals surface area contributed by atoms with E-state index in [-0.39, 0.29) is 36.0 Å². The number of aromatic nitrogens is 4. The summed E-state index contributed by atoms with van der Waals surface area (Å²) in [6.07, 6.45) is 1.55. The van der Waals surface area contributed by atoms with Crippen molar-refractivity contribution >= 4 is 43.2 Å². The fourth-order valence-corrected chi connectivity index (χ4v) is 8.00. The van der Waals surface area contributed by atoms with Crippen LogP contribution in [0.2, 0.25) is 0 Å². The Bertz CT molecular complexity index is 1790. The number of aryl methyl sites for hydroxylation is 1. The molecule has 1 aromatic carbocycles. The van der Waals surface area contributed by atoms with Gasteiger partial charge < -0.3 is 20.8 Å². The number of hydrogen-bond acceptors (Lipinski definition) is 11. The highest BCUT2D eigenvalue weighted by Gasteiger charge is 2.44. The minimum Gasteiger partial charge on any atom is -0.390 e. The van der Waals surface area contributed by atoms with Crippen LogP contribution >= 0.6 is 11.3 Å². The summed E-state index contributed by atoms with van der Waals surface area (Å²) < 4.78 is 54.8. The van der Waals surface area contributed by atoms with E-state index in [1.807, 2.05) is 6.07 Å².